The quantitative estimate of drug-likeness (QED) is 0.819. The van der Waals surface area contributed by atoms with Crippen molar-refractivity contribution in [3.05, 3.63) is 29.2 Å². The number of likely N-dealkylation sites (tertiary alicyclic amines) is 1. The molecule has 2 N–H and O–H groups in total. The van der Waals surface area contributed by atoms with Gasteiger partial charge in [-0.1, -0.05) is 19.0 Å². The van der Waals surface area contributed by atoms with Crippen LogP contribution in [-0.4, -0.2) is 56.2 Å². The smallest absolute Gasteiger partial charge is 0.271 e. The van der Waals surface area contributed by atoms with Crippen LogP contribution in [0.2, 0.25) is 0 Å². The lowest BCUT2D eigenvalue weighted by atomic mass is 9.80. The highest BCUT2D eigenvalue weighted by Gasteiger charge is 2.58. The Hall–Kier alpha value is -2.71. The molecule has 2 aromatic rings. The third-order valence-corrected chi connectivity index (χ3v) is 5.91. The van der Waals surface area contributed by atoms with Crippen LogP contribution in [-0.2, 0) is 10.2 Å². The molecule has 2 amide bonds. The lowest BCUT2D eigenvalue weighted by molar-refractivity contribution is -0.133. The van der Waals surface area contributed by atoms with Crippen LogP contribution >= 0.6 is 0 Å². The molecule has 4 rings (SSSR count). The number of fused-ring (bicyclic) bond motifs is 1. The molecule has 9 heteroatoms. The van der Waals surface area contributed by atoms with Crippen molar-refractivity contribution in [3.63, 3.8) is 0 Å². The van der Waals surface area contributed by atoms with E-state index in [2.05, 4.69) is 25.7 Å². The number of nitrogens with zero attached hydrogens (tertiary/aromatic N) is 4. The average molecular weight is 386 g/mol. The number of carbonyl (C=O) groups is 2. The maximum Gasteiger partial charge on any atom is 0.271 e. The molecule has 0 spiro atoms. The van der Waals surface area contributed by atoms with Gasteiger partial charge in [0.05, 0.1) is 5.41 Å². The van der Waals surface area contributed by atoms with E-state index in [4.69, 9.17) is 4.52 Å². The van der Waals surface area contributed by atoms with E-state index in [0.29, 0.717) is 36.9 Å². The molecule has 1 aliphatic heterocycles. The third kappa shape index (κ3) is 3.08. The van der Waals surface area contributed by atoms with Gasteiger partial charge in [0.2, 0.25) is 11.8 Å². The zero-order chi connectivity index (χ0) is 20.1. The molecule has 28 heavy (non-hydrogen) atoms. The third-order valence-electron chi connectivity index (χ3n) is 5.91. The molecule has 0 bridgehead atoms. The summed E-state index contributed by atoms with van der Waals surface area (Å²) in [6.45, 7) is 8.66. The summed E-state index contributed by atoms with van der Waals surface area (Å²) in [4.78, 5) is 31.5. The first-order chi connectivity index (χ1) is 13.3. The Morgan fingerprint density at radius 1 is 1.39 bits per heavy atom. The number of aromatic amines is 1. The van der Waals surface area contributed by atoms with E-state index < -0.39 is 5.41 Å². The molecule has 3 atom stereocenters. The van der Waals surface area contributed by atoms with E-state index in [0.717, 1.165) is 12.1 Å². The Bertz CT molecular complexity index is 903. The zero-order valence-electron chi connectivity index (χ0n) is 16.7. The van der Waals surface area contributed by atoms with Crippen LogP contribution in [0.5, 0.6) is 0 Å². The van der Waals surface area contributed by atoms with Crippen LogP contribution in [0, 0.1) is 25.7 Å². The number of hydrogen-bond donors (Lipinski definition) is 2. The normalized spacial score (nSPS) is 26.7. The summed E-state index contributed by atoms with van der Waals surface area (Å²) >= 11 is 0. The minimum atomic E-state index is -0.411. The number of nitrogens with one attached hydrogen (secondary N) is 2. The van der Waals surface area contributed by atoms with Gasteiger partial charge in [0.25, 0.3) is 5.91 Å². The summed E-state index contributed by atoms with van der Waals surface area (Å²) in [6, 6.07) is 1.70. The maximum absolute atomic E-state index is 12.6. The van der Waals surface area contributed by atoms with Gasteiger partial charge in [-0.25, -0.2) is 0 Å². The van der Waals surface area contributed by atoms with Crippen molar-refractivity contribution in [2.24, 2.45) is 11.8 Å². The number of aryl methyl sites for hydroxylation is 2. The number of amides is 2. The van der Waals surface area contributed by atoms with Gasteiger partial charge in [0.1, 0.15) is 5.69 Å². The van der Waals surface area contributed by atoms with Crippen LogP contribution in [0.25, 0.3) is 0 Å². The minimum Gasteiger partial charge on any atom is -0.348 e. The lowest BCUT2D eigenvalue weighted by Gasteiger charge is -2.26. The van der Waals surface area contributed by atoms with E-state index in [-0.39, 0.29) is 29.7 Å². The number of rotatable bonds is 4. The maximum atomic E-state index is 12.6. The van der Waals surface area contributed by atoms with Crippen LogP contribution in [0.1, 0.15) is 54.6 Å². The van der Waals surface area contributed by atoms with E-state index >= 15 is 0 Å². The Labute approximate surface area is 163 Å². The molecule has 1 aliphatic carbocycles. The molecular formula is C19H26N6O3. The summed E-state index contributed by atoms with van der Waals surface area (Å²) in [7, 11) is 0. The van der Waals surface area contributed by atoms with Crippen LogP contribution in [0.15, 0.2) is 10.6 Å². The fraction of sp³-hybridized carbons (Fsp3) is 0.632. The van der Waals surface area contributed by atoms with Crippen LogP contribution < -0.4 is 5.32 Å². The Balaban J connectivity index is 1.56. The highest BCUT2D eigenvalue weighted by molar-refractivity contribution is 5.92. The molecule has 0 aromatic carbocycles. The number of hydrogen-bond acceptors (Lipinski definition) is 6. The first-order valence-corrected chi connectivity index (χ1v) is 9.71. The molecule has 2 fully saturated rings. The summed E-state index contributed by atoms with van der Waals surface area (Å²) < 4.78 is 5.55. The molecule has 1 saturated carbocycles. The van der Waals surface area contributed by atoms with Gasteiger partial charge >= 0.3 is 0 Å². The highest BCUT2D eigenvalue weighted by Crippen LogP contribution is 2.50. The van der Waals surface area contributed by atoms with Gasteiger partial charge in [-0.05, 0) is 38.7 Å². The van der Waals surface area contributed by atoms with Crippen molar-refractivity contribution in [2.45, 2.75) is 52.0 Å². The van der Waals surface area contributed by atoms with E-state index in [1.807, 2.05) is 25.7 Å². The number of aromatic nitrogens is 4. The minimum absolute atomic E-state index is 0.0296. The van der Waals surface area contributed by atoms with Gasteiger partial charge in [-0.3, -0.25) is 14.7 Å². The number of carbonyl (C=O) groups excluding carboxylic acids is 2. The summed E-state index contributed by atoms with van der Waals surface area (Å²) in [6.07, 6.45) is 1.43. The molecular weight excluding hydrogens is 360 g/mol. The average Bonchev–Trinajstić information content (AvgIpc) is 3.37. The fourth-order valence-corrected chi connectivity index (χ4v) is 4.64. The van der Waals surface area contributed by atoms with Crippen molar-refractivity contribution in [1.82, 2.24) is 30.6 Å². The monoisotopic (exact) mass is 386 g/mol. The van der Waals surface area contributed by atoms with Gasteiger partial charge in [-0.15, -0.1) is 0 Å². The molecule has 1 saturated heterocycles. The highest BCUT2D eigenvalue weighted by atomic mass is 16.5. The van der Waals surface area contributed by atoms with Gasteiger partial charge in [-0.2, -0.15) is 10.1 Å². The van der Waals surface area contributed by atoms with Crippen molar-refractivity contribution < 1.29 is 14.1 Å². The molecule has 150 valence electrons. The predicted molar refractivity (Wildman–Crippen MR) is 99.4 cm³/mol. The lowest BCUT2D eigenvalue weighted by Crippen LogP contribution is -2.40. The Morgan fingerprint density at radius 3 is 2.79 bits per heavy atom. The Morgan fingerprint density at radius 2 is 2.18 bits per heavy atom. The predicted octanol–water partition coefficient (Wildman–Crippen LogP) is 1.35. The van der Waals surface area contributed by atoms with Crippen molar-refractivity contribution in [2.75, 3.05) is 13.1 Å². The van der Waals surface area contributed by atoms with Crippen molar-refractivity contribution in [3.8, 4) is 0 Å². The zero-order valence-corrected chi connectivity index (χ0v) is 16.7. The first-order valence-electron chi connectivity index (χ1n) is 9.71. The van der Waals surface area contributed by atoms with E-state index in [1.165, 1.54) is 0 Å². The second-order valence-electron chi connectivity index (χ2n) is 8.42. The largest absolute Gasteiger partial charge is 0.348 e. The number of H-pyrrole nitrogens is 1. The van der Waals surface area contributed by atoms with Gasteiger partial charge in [0.15, 0.2) is 5.82 Å². The molecule has 2 aliphatic rings. The first kappa shape index (κ1) is 18.6. The summed E-state index contributed by atoms with van der Waals surface area (Å²) in [5.74, 6) is 1.21. The van der Waals surface area contributed by atoms with Gasteiger partial charge in [0, 0.05) is 30.7 Å². The van der Waals surface area contributed by atoms with Crippen LogP contribution in [0.3, 0.4) is 0 Å². The van der Waals surface area contributed by atoms with E-state index in [9.17, 15) is 9.59 Å². The van der Waals surface area contributed by atoms with E-state index in [1.54, 1.807) is 13.0 Å². The van der Waals surface area contributed by atoms with Gasteiger partial charge < -0.3 is 14.7 Å². The summed E-state index contributed by atoms with van der Waals surface area (Å²) in [5, 5.41) is 13.9. The summed E-state index contributed by atoms with van der Waals surface area (Å²) in [5.41, 5.74) is 0.813. The Kier molecular flexibility index (Phi) is 4.47. The topological polar surface area (TPSA) is 117 Å². The SMILES string of the molecule is Cc1noc([C@]23C[C@H](NC(=O)c4cc(C)[nH]n4)CC2CN(C(=O)C(C)C)C3)n1. The molecule has 0 radical (unpaired) electrons. The molecule has 2 aromatic heterocycles. The standard InChI is InChI=1S/C19H26N6O3/c1-10(2)17(27)25-8-13-6-14(21-16(26)15-5-11(3)22-23-15)7-19(13,9-25)18-20-12(4)24-28-18/h5,10,13-14H,6-9H2,1-4H3,(H,21,26)(H,22,23)/t13?,14-,19+/m1/s1. The van der Waals surface area contributed by atoms with Crippen molar-refractivity contribution in [1.29, 1.82) is 0 Å². The molecule has 1 unspecified atom stereocenters. The second-order valence-corrected chi connectivity index (χ2v) is 8.42. The fourth-order valence-electron chi connectivity index (χ4n) is 4.64. The molecule has 9 nitrogen and oxygen atoms in total. The second kappa shape index (κ2) is 6.72. The molecule has 3 heterocycles. The van der Waals surface area contributed by atoms with Crippen LogP contribution in [0.4, 0.5) is 0 Å². The van der Waals surface area contributed by atoms with Crippen molar-refractivity contribution >= 4 is 11.8 Å².